The first-order valence-electron chi connectivity index (χ1n) is 9.37. The van der Waals surface area contributed by atoms with Gasteiger partial charge in [-0.3, -0.25) is 9.89 Å². The molecule has 1 fully saturated rings. The van der Waals surface area contributed by atoms with Crippen molar-refractivity contribution in [2.45, 2.75) is 25.7 Å². The fourth-order valence-corrected chi connectivity index (χ4v) is 3.63. The fraction of sp³-hybridized carbons (Fsp3) is 0.273. The zero-order valence-electron chi connectivity index (χ0n) is 15.1. The van der Waals surface area contributed by atoms with Gasteiger partial charge in [-0.15, -0.1) is 0 Å². The number of amides is 1. The molecule has 5 heteroatoms. The minimum absolute atomic E-state index is 0.113. The van der Waals surface area contributed by atoms with Crippen molar-refractivity contribution in [2.75, 3.05) is 13.1 Å². The average Bonchev–Trinajstić information content (AvgIpc) is 3.17. The van der Waals surface area contributed by atoms with E-state index in [2.05, 4.69) is 10.2 Å². The van der Waals surface area contributed by atoms with Gasteiger partial charge in [-0.25, -0.2) is 4.39 Å². The summed E-state index contributed by atoms with van der Waals surface area (Å²) < 4.78 is 13.2. The van der Waals surface area contributed by atoms with Gasteiger partial charge in [0, 0.05) is 36.2 Å². The van der Waals surface area contributed by atoms with Crippen LogP contribution in [0.3, 0.4) is 0 Å². The summed E-state index contributed by atoms with van der Waals surface area (Å²) in [7, 11) is 0. The van der Waals surface area contributed by atoms with Crippen molar-refractivity contribution < 1.29 is 9.18 Å². The predicted molar refractivity (Wildman–Crippen MR) is 103 cm³/mol. The van der Waals surface area contributed by atoms with Crippen LogP contribution in [-0.4, -0.2) is 34.1 Å². The number of piperidine rings is 1. The van der Waals surface area contributed by atoms with Crippen molar-refractivity contribution >= 4 is 5.91 Å². The van der Waals surface area contributed by atoms with E-state index in [4.69, 9.17) is 0 Å². The predicted octanol–water partition coefficient (Wildman–Crippen LogP) is 4.43. The van der Waals surface area contributed by atoms with E-state index in [9.17, 15) is 9.18 Å². The minimum Gasteiger partial charge on any atom is -0.339 e. The number of hydrogen-bond acceptors (Lipinski definition) is 2. The van der Waals surface area contributed by atoms with Crippen LogP contribution in [0.1, 0.15) is 40.7 Å². The van der Waals surface area contributed by atoms with E-state index >= 15 is 0 Å². The van der Waals surface area contributed by atoms with E-state index in [-0.39, 0.29) is 11.7 Å². The molecule has 2 heterocycles. The zero-order valence-corrected chi connectivity index (χ0v) is 15.1. The number of carbonyl (C=O) groups is 1. The van der Waals surface area contributed by atoms with Crippen LogP contribution in [0.15, 0.2) is 54.7 Å². The second-order valence-electron chi connectivity index (χ2n) is 7.01. The van der Waals surface area contributed by atoms with Gasteiger partial charge in [-0.05, 0) is 61.2 Å². The maximum Gasteiger partial charge on any atom is 0.253 e. The summed E-state index contributed by atoms with van der Waals surface area (Å²) in [5.74, 6) is -0.147. The number of halogens is 1. The van der Waals surface area contributed by atoms with E-state index in [0.717, 1.165) is 53.9 Å². The van der Waals surface area contributed by atoms with Crippen LogP contribution >= 0.6 is 0 Å². The van der Waals surface area contributed by atoms with Crippen molar-refractivity contribution in [1.82, 2.24) is 15.1 Å². The van der Waals surface area contributed by atoms with Crippen molar-refractivity contribution in [3.8, 4) is 11.3 Å². The lowest BCUT2D eigenvalue weighted by atomic mass is 9.99. The highest BCUT2D eigenvalue weighted by atomic mass is 19.1. The molecule has 2 aromatic carbocycles. The Morgan fingerprint density at radius 3 is 2.63 bits per heavy atom. The molecule has 1 aliphatic heterocycles. The van der Waals surface area contributed by atoms with E-state index in [1.54, 1.807) is 18.3 Å². The molecule has 1 aromatic heterocycles. The van der Waals surface area contributed by atoms with Gasteiger partial charge in [0.15, 0.2) is 0 Å². The largest absolute Gasteiger partial charge is 0.339 e. The zero-order chi connectivity index (χ0) is 18.6. The maximum atomic E-state index is 13.2. The van der Waals surface area contributed by atoms with Gasteiger partial charge in [0.25, 0.3) is 5.91 Å². The van der Waals surface area contributed by atoms with Crippen molar-refractivity contribution in [3.05, 3.63) is 77.2 Å². The van der Waals surface area contributed by atoms with Crippen LogP contribution in [0.5, 0.6) is 0 Å². The Morgan fingerprint density at radius 2 is 1.85 bits per heavy atom. The molecule has 1 amide bonds. The molecular formula is C22H22FN3O. The van der Waals surface area contributed by atoms with Crippen LogP contribution in [0.2, 0.25) is 0 Å². The number of rotatable bonds is 4. The number of likely N-dealkylation sites (tertiary alicyclic amines) is 1. The highest BCUT2D eigenvalue weighted by Gasteiger charge is 2.18. The number of nitrogens with one attached hydrogen (secondary N) is 1. The van der Waals surface area contributed by atoms with Crippen molar-refractivity contribution in [2.24, 2.45) is 0 Å². The highest BCUT2D eigenvalue weighted by Crippen LogP contribution is 2.24. The third-order valence-corrected chi connectivity index (χ3v) is 5.06. The number of nitrogens with zero attached hydrogens (tertiary/aromatic N) is 2. The lowest BCUT2D eigenvalue weighted by Gasteiger charge is -2.26. The normalized spacial score (nSPS) is 14.3. The summed E-state index contributed by atoms with van der Waals surface area (Å²) in [5.41, 5.74) is 4.58. The van der Waals surface area contributed by atoms with Gasteiger partial charge in [-0.1, -0.05) is 12.1 Å². The van der Waals surface area contributed by atoms with Gasteiger partial charge < -0.3 is 4.90 Å². The molecule has 0 radical (unpaired) electrons. The van der Waals surface area contributed by atoms with Crippen LogP contribution in [0.4, 0.5) is 4.39 Å². The molecule has 4 rings (SSSR count). The number of carbonyl (C=O) groups excluding carboxylic acids is 1. The summed E-state index contributed by atoms with van der Waals surface area (Å²) in [6.45, 7) is 1.69. The lowest BCUT2D eigenvalue weighted by Crippen LogP contribution is -2.35. The summed E-state index contributed by atoms with van der Waals surface area (Å²) in [4.78, 5) is 14.7. The molecule has 1 aliphatic rings. The Bertz CT molecular complexity index is 927. The van der Waals surface area contributed by atoms with Gasteiger partial charge in [-0.2, -0.15) is 5.10 Å². The SMILES string of the molecule is O=C(c1cccc(Cc2cn[nH]c2-c2ccc(F)cc2)c1)N1CCCCC1. The molecule has 0 atom stereocenters. The Morgan fingerprint density at radius 1 is 1.07 bits per heavy atom. The van der Waals surface area contributed by atoms with E-state index in [1.165, 1.54) is 18.6 Å². The van der Waals surface area contributed by atoms with Crippen LogP contribution in [0.25, 0.3) is 11.3 Å². The summed E-state index contributed by atoms with van der Waals surface area (Å²) >= 11 is 0. The molecule has 0 aliphatic carbocycles. The van der Waals surface area contributed by atoms with Crippen molar-refractivity contribution in [3.63, 3.8) is 0 Å². The standard InChI is InChI=1S/C22H22FN3O/c23-20-9-7-17(8-10-20)21-19(15-24-25-21)14-16-5-4-6-18(13-16)22(27)26-11-2-1-3-12-26/h4-10,13,15H,1-3,11-12,14H2,(H,24,25). The molecule has 0 spiro atoms. The average molecular weight is 363 g/mol. The van der Waals surface area contributed by atoms with Gasteiger partial charge in [0.05, 0.1) is 11.9 Å². The number of benzene rings is 2. The molecule has 3 aromatic rings. The van der Waals surface area contributed by atoms with E-state index < -0.39 is 0 Å². The first kappa shape index (κ1) is 17.5. The quantitative estimate of drug-likeness (QED) is 0.745. The first-order chi connectivity index (χ1) is 13.2. The molecule has 138 valence electrons. The smallest absolute Gasteiger partial charge is 0.253 e. The van der Waals surface area contributed by atoms with Gasteiger partial charge >= 0.3 is 0 Å². The number of aromatic amines is 1. The number of hydrogen-bond donors (Lipinski definition) is 1. The maximum absolute atomic E-state index is 13.2. The van der Waals surface area contributed by atoms with Crippen LogP contribution < -0.4 is 0 Å². The molecule has 1 N–H and O–H groups in total. The van der Waals surface area contributed by atoms with Crippen molar-refractivity contribution in [1.29, 1.82) is 0 Å². The molecule has 0 saturated carbocycles. The van der Waals surface area contributed by atoms with Gasteiger partial charge in [0.1, 0.15) is 5.82 Å². The Labute approximate surface area is 158 Å². The monoisotopic (exact) mass is 363 g/mol. The fourth-order valence-electron chi connectivity index (χ4n) is 3.63. The second kappa shape index (κ2) is 7.74. The summed E-state index contributed by atoms with van der Waals surface area (Å²) in [6.07, 6.45) is 5.82. The van der Waals surface area contributed by atoms with Crippen LogP contribution in [0, 0.1) is 5.82 Å². The molecule has 1 saturated heterocycles. The Balaban J connectivity index is 1.55. The molecule has 4 nitrogen and oxygen atoms in total. The Kier molecular flexibility index (Phi) is 5.01. The van der Waals surface area contributed by atoms with E-state index in [0.29, 0.717) is 6.42 Å². The first-order valence-corrected chi connectivity index (χ1v) is 9.37. The Hall–Kier alpha value is -2.95. The third kappa shape index (κ3) is 3.92. The number of H-pyrrole nitrogens is 1. The van der Waals surface area contributed by atoms with Gasteiger partial charge in [0.2, 0.25) is 0 Å². The van der Waals surface area contributed by atoms with E-state index in [1.807, 2.05) is 29.2 Å². The van der Waals surface area contributed by atoms with Crippen LogP contribution in [-0.2, 0) is 6.42 Å². The molecule has 27 heavy (non-hydrogen) atoms. The highest BCUT2D eigenvalue weighted by molar-refractivity contribution is 5.94. The summed E-state index contributed by atoms with van der Waals surface area (Å²) in [6, 6.07) is 14.2. The lowest BCUT2D eigenvalue weighted by molar-refractivity contribution is 0.0724. The molecular weight excluding hydrogens is 341 g/mol. The molecule has 0 unspecified atom stereocenters. The molecule has 0 bridgehead atoms. The third-order valence-electron chi connectivity index (χ3n) is 5.06. The number of aromatic nitrogens is 2. The minimum atomic E-state index is -0.260. The summed E-state index contributed by atoms with van der Waals surface area (Å²) in [5, 5.41) is 7.16. The topological polar surface area (TPSA) is 49.0 Å². The second-order valence-corrected chi connectivity index (χ2v) is 7.01.